The Morgan fingerprint density at radius 1 is 1.59 bits per heavy atom. The molecule has 2 rings (SSSR count). The van der Waals surface area contributed by atoms with Crippen LogP contribution in [-0.4, -0.2) is 31.3 Å². The Morgan fingerprint density at radius 2 is 2.35 bits per heavy atom. The summed E-state index contributed by atoms with van der Waals surface area (Å²) in [5.41, 5.74) is 2.34. The van der Waals surface area contributed by atoms with E-state index in [9.17, 15) is 4.79 Å². The fourth-order valence-electron chi connectivity index (χ4n) is 2.44. The highest BCUT2D eigenvalue weighted by molar-refractivity contribution is 5.68. The number of nitrogens with zero attached hydrogens (tertiary/aromatic N) is 1. The van der Waals surface area contributed by atoms with E-state index >= 15 is 0 Å². The number of hydrogen-bond donors (Lipinski definition) is 1. The summed E-state index contributed by atoms with van der Waals surface area (Å²) in [4.78, 5) is 12.8. The van der Waals surface area contributed by atoms with Crippen LogP contribution < -0.4 is 9.64 Å². The molecule has 1 aliphatic rings. The molecule has 0 aliphatic carbocycles. The molecule has 0 aromatic heterocycles. The lowest BCUT2D eigenvalue weighted by Crippen LogP contribution is -2.28. The van der Waals surface area contributed by atoms with Gasteiger partial charge in [0.1, 0.15) is 5.75 Å². The monoisotopic (exact) mass is 235 g/mol. The molecule has 0 fully saturated rings. The molecule has 1 aromatic carbocycles. The van der Waals surface area contributed by atoms with Gasteiger partial charge in [0, 0.05) is 30.8 Å². The van der Waals surface area contributed by atoms with Crippen LogP contribution in [0.15, 0.2) is 18.2 Å². The Kier molecular flexibility index (Phi) is 3.22. The topological polar surface area (TPSA) is 49.8 Å². The number of anilines is 1. The summed E-state index contributed by atoms with van der Waals surface area (Å²) in [6.07, 6.45) is 1.75. The van der Waals surface area contributed by atoms with E-state index in [1.54, 1.807) is 7.11 Å². The van der Waals surface area contributed by atoms with Crippen LogP contribution in [0.3, 0.4) is 0 Å². The molecular weight excluding hydrogens is 218 g/mol. The smallest absolute Gasteiger partial charge is 0.303 e. The van der Waals surface area contributed by atoms with Crippen molar-refractivity contribution in [2.75, 3.05) is 19.1 Å². The second-order valence-electron chi connectivity index (χ2n) is 4.36. The zero-order valence-electron chi connectivity index (χ0n) is 10.1. The lowest BCUT2D eigenvalue weighted by Gasteiger charge is -2.21. The number of fused-ring (bicyclic) bond motifs is 1. The number of benzene rings is 1. The molecule has 0 bridgehead atoms. The first-order valence-corrected chi connectivity index (χ1v) is 5.74. The minimum Gasteiger partial charge on any atom is -0.496 e. The highest BCUT2D eigenvalue weighted by Crippen LogP contribution is 2.38. The third-order valence-electron chi connectivity index (χ3n) is 3.39. The van der Waals surface area contributed by atoms with Crippen LogP contribution in [0.2, 0.25) is 0 Å². The number of hydrogen-bond acceptors (Lipinski definition) is 3. The molecule has 0 spiro atoms. The standard InChI is InChI=1S/C13H17NO3/c1-14-9(6-7-13(15)16)8-10-11(14)4-3-5-12(10)17-2/h3-5,9H,6-8H2,1-2H3,(H,15,16). The second kappa shape index (κ2) is 4.65. The van der Waals surface area contributed by atoms with Gasteiger partial charge in [-0.1, -0.05) is 6.07 Å². The Morgan fingerprint density at radius 3 is 3.00 bits per heavy atom. The minimum absolute atomic E-state index is 0.214. The van der Waals surface area contributed by atoms with Gasteiger partial charge in [-0.05, 0) is 25.0 Å². The van der Waals surface area contributed by atoms with Crippen molar-refractivity contribution in [1.82, 2.24) is 0 Å². The van der Waals surface area contributed by atoms with Crippen molar-refractivity contribution in [2.45, 2.75) is 25.3 Å². The summed E-state index contributed by atoms with van der Waals surface area (Å²) in [6.45, 7) is 0. The van der Waals surface area contributed by atoms with Crippen LogP contribution in [0.5, 0.6) is 5.75 Å². The normalized spacial score (nSPS) is 18.0. The average molecular weight is 235 g/mol. The SMILES string of the molecule is COc1cccc2c1CC(CCC(=O)O)N2C. The van der Waals surface area contributed by atoms with Gasteiger partial charge in [-0.2, -0.15) is 0 Å². The molecule has 1 heterocycles. The predicted molar refractivity (Wildman–Crippen MR) is 65.8 cm³/mol. The largest absolute Gasteiger partial charge is 0.496 e. The molecule has 4 nitrogen and oxygen atoms in total. The zero-order valence-corrected chi connectivity index (χ0v) is 10.1. The second-order valence-corrected chi connectivity index (χ2v) is 4.36. The number of rotatable bonds is 4. The fraction of sp³-hybridized carbons (Fsp3) is 0.462. The number of likely N-dealkylation sites (N-methyl/N-ethyl adjacent to an activating group) is 1. The number of aliphatic carboxylic acids is 1. The Bertz CT molecular complexity index is 431. The number of carboxylic acid groups (broad SMARTS) is 1. The molecule has 0 radical (unpaired) electrons. The molecule has 1 unspecified atom stereocenters. The van der Waals surface area contributed by atoms with Crippen molar-refractivity contribution in [2.24, 2.45) is 0 Å². The van der Waals surface area contributed by atoms with E-state index in [0.29, 0.717) is 6.42 Å². The highest BCUT2D eigenvalue weighted by Gasteiger charge is 2.28. The summed E-state index contributed by atoms with van der Waals surface area (Å²) in [7, 11) is 3.68. The summed E-state index contributed by atoms with van der Waals surface area (Å²) in [5.74, 6) is 0.161. The molecule has 92 valence electrons. The van der Waals surface area contributed by atoms with Crippen molar-refractivity contribution in [3.05, 3.63) is 23.8 Å². The van der Waals surface area contributed by atoms with Gasteiger partial charge in [0.25, 0.3) is 0 Å². The number of carbonyl (C=O) groups is 1. The first-order valence-electron chi connectivity index (χ1n) is 5.74. The fourth-order valence-corrected chi connectivity index (χ4v) is 2.44. The van der Waals surface area contributed by atoms with E-state index in [0.717, 1.165) is 17.9 Å². The first kappa shape index (κ1) is 11.8. The first-order chi connectivity index (χ1) is 8.13. The molecular formula is C13H17NO3. The number of methoxy groups -OCH3 is 1. The van der Waals surface area contributed by atoms with E-state index in [1.807, 2.05) is 19.2 Å². The van der Waals surface area contributed by atoms with Crippen LogP contribution in [0.4, 0.5) is 5.69 Å². The van der Waals surface area contributed by atoms with Gasteiger partial charge in [-0.25, -0.2) is 0 Å². The maximum atomic E-state index is 10.6. The Hall–Kier alpha value is -1.71. The molecule has 4 heteroatoms. The van der Waals surface area contributed by atoms with Gasteiger partial charge >= 0.3 is 5.97 Å². The lowest BCUT2D eigenvalue weighted by atomic mass is 10.1. The molecule has 1 atom stereocenters. The summed E-state index contributed by atoms with van der Waals surface area (Å²) < 4.78 is 5.34. The molecule has 0 saturated heterocycles. The van der Waals surface area contributed by atoms with Crippen molar-refractivity contribution in [3.8, 4) is 5.75 Å². The quantitative estimate of drug-likeness (QED) is 0.866. The van der Waals surface area contributed by atoms with Gasteiger partial charge in [0.05, 0.1) is 7.11 Å². The van der Waals surface area contributed by atoms with Gasteiger partial charge in [-0.3, -0.25) is 4.79 Å². The van der Waals surface area contributed by atoms with Crippen LogP contribution in [0.25, 0.3) is 0 Å². The van der Waals surface area contributed by atoms with Crippen LogP contribution in [-0.2, 0) is 11.2 Å². The summed E-state index contributed by atoms with van der Waals surface area (Å²) in [6, 6.07) is 6.23. The maximum absolute atomic E-state index is 10.6. The van der Waals surface area contributed by atoms with Gasteiger partial charge in [0.2, 0.25) is 0 Å². The maximum Gasteiger partial charge on any atom is 0.303 e. The molecule has 1 aliphatic heterocycles. The van der Waals surface area contributed by atoms with Crippen LogP contribution >= 0.6 is 0 Å². The van der Waals surface area contributed by atoms with Crippen molar-refractivity contribution < 1.29 is 14.6 Å². The predicted octanol–water partition coefficient (Wildman–Crippen LogP) is 1.92. The van der Waals surface area contributed by atoms with Crippen molar-refractivity contribution >= 4 is 11.7 Å². The average Bonchev–Trinajstić information content (AvgIpc) is 2.64. The molecule has 0 amide bonds. The zero-order chi connectivity index (χ0) is 12.4. The van der Waals surface area contributed by atoms with E-state index in [4.69, 9.17) is 9.84 Å². The van der Waals surface area contributed by atoms with Gasteiger partial charge in [0.15, 0.2) is 0 Å². The minimum atomic E-state index is -0.735. The van der Waals surface area contributed by atoms with Gasteiger partial charge in [-0.15, -0.1) is 0 Å². The van der Waals surface area contributed by atoms with E-state index < -0.39 is 5.97 Å². The summed E-state index contributed by atoms with van der Waals surface area (Å²) in [5, 5.41) is 8.73. The molecule has 0 saturated carbocycles. The van der Waals surface area contributed by atoms with E-state index in [2.05, 4.69) is 11.0 Å². The number of carboxylic acids is 1. The highest BCUT2D eigenvalue weighted by atomic mass is 16.5. The van der Waals surface area contributed by atoms with E-state index in [-0.39, 0.29) is 12.5 Å². The third kappa shape index (κ3) is 2.20. The van der Waals surface area contributed by atoms with Gasteiger partial charge < -0.3 is 14.7 Å². The van der Waals surface area contributed by atoms with Crippen molar-refractivity contribution in [1.29, 1.82) is 0 Å². The van der Waals surface area contributed by atoms with E-state index in [1.165, 1.54) is 5.56 Å². The van der Waals surface area contributed by atoms with Crippen molar-refractivity contribution in [3.63, 3.8) is 0 Å². The van der Waals surface area contributed by atoms with Crippen LogP contribution in [0.1, 0.15) is 18.4 Å². The Balaban J connectivity index is 2.17. The Labute approximate surface area is 101 Å². The number of ether oxygens (including phenoxy) is 1. The molecule has 1 aromatic rings. The summed E-state index contributed by atoms with van der Waals surface area (Å²) >= 11 is 0. The lowest BCUT2D eigenvalue weighted by molar-refractivity contribution is -0.137. The molecule has 17 heavy (non-hydrogen) atoms. The molecule has 1 N–H and O–H groups in total. The third-order valence-corrected chi connectivity index (χ3v) is 3.39. The van der Waals surface area contributed by atoms with Crippen LogP contribution in [0, 0.1) is 0 Å².